The lowest BCUT2D eigenvalue weighted by Gasteiger charge is -2.28. The van der Waals surface area contributed by atoms with Crippen LogP contribution >= 0.6 is 0 Å². The van der Waals surface area contributed by atoms with Gasteiger partial charge in [0.15, 0.2) is 11.5 Å². The number of fused-ring (bicyclic) bond motifs is 2. The van der Waals surface area contributed by atoms with Gasteiger partial charge in [-0.2, -0.15) is 9.78 Å². The van der Waals surface area contributed by atoms with Gasteiger partial charge in [-0.15, -0.1) is 0 Å². The number of anilines is 2. The number of tetrazole rings is 1. The number of aromatic hydroxyl groups is 1. The van der Waals surface area contributed by atoms with E-state index in [0.29, 0.717) is 39.8 Å². The quantitative estimate of drug-likeness (QED) is 0.398. The fourth-order valence-electron chi connectivity index (χ4n) is 3.74. The first-order chi connectivity index (χ1) is 15.1. The van der Waals surface area contributed by atoms with Crippen molar-refractivity contribution in [3.63, 3.8) is 0 Å². The van der Waals surface area contributed by atoms with Crippen molar-refractivity contribution < 1.29 is 14.6 Å². The molecule has 1 atom stereocenters. The SMILES string of the molecule is COc1ccc(-c2n[nH]c(=O)c3c2C(c2cccc(O)c2)n2nnnc2N3)cc1OC. The molecule has 3 N–H and O–H groups in total. The van der Waals surface area contributed by atoms with E-state index < -0.39 is 11.6 Å². The monoisotopic (exact) mass is 419 g/mol. The summed E-state index contributed by atoms with van der Waals surface area (Å²) in [6.45, 7) is 0. The molecular formula is C20H17N7O4. The summed E-state index contributed by atoms with van der Waals surface area (Å²) >= 11 is 0. The molecule has 0 aliphatic carbocycles. The molecule has 11 heteroatoms. The Hall–Kier alpha value is -4.41. The van der Waals surface area contributed by atoms with E-state index in [9.17, 15) is 9.90 Å². The van der Waals surface area contributed by atoms with Crippen LogP contribution in [0.25, 0.3) is 11.3 Å². The largest absolute Gasteiger partial charge is 0.508 e. The first kappa shape index (κ1) is 18.6. The topological polar surface area (TPSA) is 140 Å². The highest BCUT2D eigenvalue weighted by Crippen LogP contribution is 2.42. The second-order valence-corrected chi connectivity index (χ2v) is 6.83. The zero-order valence-corrected chi connectivity index (χ0v) is 16.5. The number of hydrogen-bond donors (Lipinski definition) is 3. The highest BCUT2D eigenvalue weighted by atomic mass is 16.5. The maximum atomic E-state index is 12.7. The van der Waals surface area contributed by atoms with Crippen molar-refractivity contribution in [3.8, 4) is 28.5 Å². The lowest BCUT2D eigenvalue weighted by Crippen LogP contribution is -2.29. The molecule has 1 aliphatic rings. The Morgan fingerprint density at radius 3 is 2.71 bits per heavy atom. The van der Waals surface area contributed by atoms with Crippen molar-refractivity contribution >= 4 is 11.6 Å². The summed E-state index contributed by atoms with van der Waals surface area (Å²) < 4.78 is 12.3. The third-order valence-corrected chi connectivity index (χ3v) is 5.11. The fraction of sp³-hybridized carbons (Fsp3) is 0.150. The molecule has 0 bridgehead atoms. The van der Waals surface area contributed by atoms with Gasteiger partial charge < -0.3 is 19.9 Å². The number of rotatable bonds is 4. The Balaban J connectivity index is 1.80. The summed E-state index contributed by atoms with van der Waals surface area (Å²) in [6.07, 6.45) is 0. The zero-order chi connectivity index (χ0) is 21.5. The van der Waals surface area contributed by atoms with Crippen molar-refractivity contribution in [2.45, 2.75) is 6.04 Å². The van der Waals surface area contributed by atoms with E-state index in [1.807, 2.05) is 12.1 Å². The standard InChI is InChI=1S/C20H17N7O4/c1-30-13-7-6-10(9-14(13)31-2)16-15-17(19(29)23-22-16)21-20-24-25-26-27(20)18(15)11-4-3-5-12(28)8-11/h3-9,18,28H,1-2H3,(H,23,29)(H,21,24,26). The number of hydrogen-bond acceptors (Lipinski definition) is 9. The van der Waals surface area contributed by atoms with Crippen molar-refractivity contribution in [2.24, 2.45) is 0 Å². The zero-order valence-electron chi connectivity index (χ0n) is 16.5. The first-order valence-electron chi connectivity index (χ1n) is 9.29. The molecule has 3 heterocycles. The number of nitrogens with zero attached hydrogens (tertiary/aromatic N) is 5. The van der Waals surface area contributed by atoms with E-state index in [0.717, 1.165) is 0 Å². The number of phenols is 1. The first-order valence-corrected chi connectivity index (χ1v) is 9.29. The highest BCUT2D eigenvalue weighted by molar-refractivity contribution is 5.76. The van der Waals surface area contributed by atoms with E-state index >= 15 is 0 Å². The minimum Gasteiger partial charge on any atom is -0.508 e. The summed E-state index contributed by atoms with van der Waals surface area (Å²) in [4.78, 5) is 12.7. The van der Waals surface area contributed by atoms with Crippen LogP contribution in [-0.2, 0) is 0 Å². The smallest absolute Gasteiger partial charge is 0.288 e. The van der Waals surface area contributed by atoms with Crippen LogP contribution in [-0.4, -0.2) is 49.7 Å². The summed E-state index contributed by atoms with van der Waals surface area (Å²) in [5.74, 6) is 1.46. The van der Waals surface area contributed by atoms with Crippen molar-refractivity contribution in [2.75, 3.05) is 19.5 Å². The summed E-state index contributed by atoms with van der Waals surface area (Å²) in [7, 11) is 3.10. The van der Waals surface area contributed by atoms with E-state index in [-0.39, 0.29) is 11.4 Å². The molecule has 11 nitrogen and oxygen atoms in total. The average Bonchev–Trinajstić information content (AvgIpc) is 3.26. The minimum absolute atomic E-state index is 0.0812. The normalized spacial score (nSPS) is 14.3. The Labute approximate surface area is 175 Å². The number of methoxy groups -OCH3 is 2. The van der Waals surface area contributed by atoms with Crippen LogP contribution in [0.1, 0.15) is 17.2 Å². The van der Waals surface area contributed by atoms with E-state index in [2.05, 4.69) is 31.0 Å². The Kier molecular flexibility index (Phi) is 4.28. The molecule has 0 fully saturated rings. The number of phenolic OH excluding ortho intramolecular Hbond substituents is 1. The molecule has 1 aliphatic heterocycles. The van der Waals surface area contributed by atoms with Gasteiger partial charge in [0.1, 0.15) is 17.5 Å². The van der Waals surface area contributed by atoms with Gasteiger partial charge in [-0.3, -0.25) is 4.79 Å². The van der Waals surface area contributed by atoms with Crippen LogP contribution < -0.4 is 20.3 Å². The summed E-state index contributed by atoms with van der Waals surface area (Å²) in [5, 5.41) is 31.7. The number of aromatic nitrogens is 6. The van der Waals surface area contributed by atoms with Crippen molar-refractivity contribution in [3.05, 3.63) is 63.9 Å². The van der Waals surface area contributed by atoms with Crippen LogP contribution in [0.4, 0.5) is 11.6 Å². The maximum Gasteiger partial charge on any atom is 0.288 e. The van der Waals surface area contributed by atoms with Gasteiger partial charge in [0.2, 0.25) is 5.95 Å². The van der Waals surface area contributed by atoms with E-state index in [1.54, 1.807) is 49.2 Å². The van der Waals surface area contributed by atoms with Gasteiger partial charge in [-0.25, -0.2) is 5.10 Å². The second kappa shape index (κ2) is 7.13. The van der Waals surface area contributed by atoms with Crippen LogP contribution in [0.15, 0.2) is 47.3 Å². The maximum absolute atomic E-state index is 12.7. The molecule has 31 heavy (non-hydrogen) atoms. The number of aromatic amines is 1. The molecule has 0 spiro atoms. The molecule has 0 amide bonds. The molecule has 1 unspecified atom stereocenters. The number of H-pyrrole nitrogens is 1. The van der Waals surface area contributed by atoms with Gasteiger partial charge in [0.25, 0.3) is 5.56 Å². The molecular weight excluding hydrogens is 402 g/mol. The number of ether oxygens (including phenoxy) is 2. The van der Waals surface area contributed by atoms with Gasteiger partial charge in [-0.1, -0.05) is 17.2 Å². The van der Waals surface area contributed by atoms with Gasteiger partial charge in [0.05, 0.1) is 19.9 Å². The molecule has 5 rings (SSSR count). The van der Waals surface area contributed by atoms with E-state index in [4.69, 9.17) is 9.47 Å². The van der Waals surface area contributed by atoms with Crippen LogP contribution in [0, 0.1) is 0 Å². The van der Waals surface area contributed by atoms with Crippen molar-refractivity contribution in [1.29, 1.82) is 0 Å². The molecule has 0 saturated heterocycles. The third kappa shape index (κ3) is 2.94. The predicted octanol–water partition coefficient (Wildman–Crippen LogP) is 1.84. The summed E-state index contributed by atoms with van der Waals surface area (Å²) in [6, 6.07) is 11.5. The van der Waals surface area contributed by atoms with Crippen LogP contribution in [0.5, 0.6) is 17.2 Å². The Morgan fingerprint density at radius 2 is 1.94 bits per heavy atom. The minimum atomic E-state index is -0.605. The highest BCUT2D eigenvalue weighted by Gasteiger charge is 2.34. The lowest BCUT2D eigenvalue weighted by atomic mass is 9.92. The average molecular weight is 419 g/mol. The van der Waals surface area contributed by atoms with Crippen LogP contribution in [0.3, 0.4) is 0 Å². The number of benzene rings is 2. The molecule has 4 aromatic rings. The Morgan fingerprint density at radius 1 is 1.10 bits per heavy atom. The molecule has 0 saturated carbocycles. The van der Waals surface area contributed by atoms with Gasteiger partial charge in [-0.05, 0) is 46.3 Å². The number of nitrogens with one attached hydrogen (secondary N) is 2. The molecule has 0 radical (unpaired) electrons. The molecule has 156 valence electrons. The lowest BCUT2D eigenvalue weighted by molar-refractivity contribution is 0.355. The van der Waals surface area contributed by atoms with Crippen molar-refractivity contribution in [1.82, 2.24) is 30.4 Å². The van der Waals surface area contributed by atoms with Gasteiger partial charge in [0, 0.05) is 11.1 Å². The van der Waals surface area contributed by atoms with E-state index in [1.165, 1.54) is 0 Å². The van der Waals surface area contributed by atoms with Gasteiger partial charge >= 0.3 is 0 Å². The predicted molar refractivity (Wildman–Crippen MR) is 110 cm³/mol. The fourth-order valence-corrected chi connectivity index (χ4v) is 3.74. The Bertz CT molecular complexity index is 1350. The van der Waals surface area contributed by atoms with Crippen LogP contribution in [0.2, 0.25) is 0 Å². The summed E-state index contributed by atoms with van der Waals surface area (Å²) in [5.41, 5.74) is 2.28. The molecule has 2 aromatic heterocycles. The molecule has 2 aromatic carbocycles. The third-order valence-electron chi connectivity index (χ3n) is 5.11. The second-order valence-electron chi connectivity index (χ2n) is 6.83.